The highest BCUT2D eigenvalue weighted by Gasteiger charge is 2.09. The Labute approximate surface area is 125 Å². The number of carbonyl (C=O) groups excluding carboxylic acids is 1. The third kappa shape index (κ3) is 6.70. The van der Waals surface area contributed by atoms with Crippen molar-refractivity contribution in [3.63, 3.8) is 0 Å². The van der Waals surface area contributed by atoms with Gasteiger partial charge in [-0.05, 0) is 44.4 Å². The molecule has 6 nitrogen and oxygen atoms in total. The normalized spacial score (nSPS) is 12.9. The molecule has 0 radical (unpaired) electrons. The smallest absolute Gasteiger partial charge is 0.246 e. The van der Waals surface area contributed by atoms with Crippen molar-refractivity contribution in [1.29, 1.82) is 0 Å². The van der Waals surface area contributed by atoms with Crippen LogP contribution in [0, 0.1) is 0 Å². The summed E-state index contributed by atoms with van der Waals surface area (Å²) < 4.78 is 27.3. The number of amides is 1. The van der Waals surface area contributed by atoms with Crippen LogP contribution >= 0.6 is 0 Å². The van der Waals surface area contributed by atoms with Gasteiger partial charge in [0.25, 0.3) is 0 Å². The number of primary sulfonamides is 1. The van der Waals surface area contributed by atoms with Crippen LogP contribution < -0.4 is 10.5 Å². The van der Waals surface area contributed by atoms with Gasteiger partial charge in [-0.15, -0.1) is 0 Å². The third-order valence-electron chi connectivity index (χ3n) is 2.96. The molecule has 7 heteroatoms. The van der Waals surface area contributed by atoms with Gasteiger partial charge in [0, 0.05) is 12.6 Å². The van der Waals surface area contributed by atoms with Crippen molar-refractivity contribution in [1.82, 2.24) is 5.32 Å². The number of hydrogen-bond acceptors (Lipinski definition) is 4. The molecule has 3 N–H and O–H groups in total. The zero-order chi connectivity index (χ0) is 15.9. The highest BCUT2D eigenvalue weighted by atomic mass is 32.2. The number of carbonyl (C=O) groups is 1. The quantitative estimate of drug-likeness (QED) is 0.741. The molecule has 0 saturated heterocycles. The second-order valence-corrected chi connectivity index (χ2v) is 6.39. The Kier molecular flexibility index (Phi) is 6.80. The van der Waals surface area contributed by atoms with Crippen LogP contribution in [0.5, 0.6) is 0 Å². The van der Waals surface area contributed by atoms with Crippen LogP contribution in [0.25, 0.3) is 0 Å². The molecule has 21 heavy (non-hydrogen) atoms. The number of nitrogens with two attached hydrogens (primary N) is 1. The summed E-state index contributed by atoms with van der Waals surface area (Å²) in [6, 6.07) is 6.46. The minimum atomic E-state index is -3.65. The van der Waals surface area contributed by atoms with Crippen molar-refractivity contribution in [2.75, 3.05) is 13.2 Å². The number of nitrogens with one attached hydrogen (secondary N) is 1. The summed E-state index contributed by atoms with van der Waals surface area (Å²) in [5.41, 5.74) is 0.994. The van der Waals surface area contributed by atoms with E-state index in [1.54, 1.807) is 12.1 Å². The third-order valence-corrected chi connectivity index (χ3v) is 3.89. The van der Waals surface area contributed by atoms with Crippen LogP contribution in [0.3, 0.4) is 0 Å². The van der Waals surface area contributed by atoms with Gasteiger partial charge in [-0.2, -0.15) is 0 Å². The zero-order valence-corrected chi connectivity index (χ0v) is 13.2. The molecule has 0 fully saturated rings. The highest BCUT2D eigenvalue weighted by molar-refractivity contribution is 7.89. The van der Waals surface area contributed by atoms with Crippen molar-refractivity contribution in [3.05, 3.63) is 29.8 Å². The summed E-state index contributed by atoms with van der Waals surface area (Å²) in [5.74, 6) is -0.131. The van der Waals surface area contributed by atoms with Gasteiger partial charge in [0.05, 0.1) is 4.90 Å². The Morgan fingerprint density at radius 1 is 1.33 bits per heavy atom. The number of benzene rings is 1. The summed E-state index contributed by atoms with van der Waals surface area (Å²) in [4.78, 5) is 11.6. The Morgan fingerprint density at radius 3 is 2.48 bits per heavy atom. The van der Waals surface area contributed by atoms with Crippen molar-refractivity contribution in [2.24, 2.45) is 5.14 Å². The van der Waals surface area contributed by atoms with Crippen molar-refractivity contribution in [3.8, 4) is 0 Å². The maximum Gasteiger partial charge on any atom is 0.246 e. The molecular formula is C14H22N2O4S. The molecule has 0 aliphatic rings. The summed E-state index contributed by atoms with van der Waals surface area (Å²) >= 11 is 0. The molecule has 0 spiro atoms. The van der Waals surface area contributed by atoms with E-state index in [1.165, 1.54) is 12.1 Å². The number of hydrogen-bond donors (Lipinski definition) is 2. The number of sulfonamides is 1. The molecule has 1 unspecified atom stereocenters. The predicted octanol–water partition coefficient (Wildman–Crippen LogP) is 0.808. The standard InChI is InChI=1S/C14H22N2O4S/c1-3-20-10-14(17)16-11(2)4-5-12-6-8-13(9-7-12)21(15,18)19/h6-9,11H,3-5,10H2,1-2H3,(H,16,17)(H2,15,18,19). The van der Waals surface area contributed by atoms with E-state index < -0.39 is 10.0 Å². The van der Waals surface area contributed by atoms with E-state index in [0.29, 0.717) is 6.61 Å². The zero-order valence-electron chi connectivity index (χ0n) is 12.3. The second-order valence-electron chi connectivity index (χ2n) is 4.83. The summed E-state index contributed by atoms with van der Waals surface area (Å²) in [7, 11) is -3.65. The Morgan fingerprint density at radius 2 is 1.95 bits per heavy atom. The Bertz CT molecular complexity index is 555. The van der Waals surface area contributed by atoms with Crippen molar-refractivity contribution in [2.45, 2.75) is 37.6 Å². The Balaban J connectivity index is 2.43. The number of aryl methyl sites for hydroxylation is 1. The molecule has 0 aliphatic carbocycles. The summed E-state index contributed by atoms with van der Waals surface area (Å²) in [6.45, 7) is 4.34. The summed E-state index contributed by atoms with van der Waals surface area (Å²) in [6.07, 6.45) is 1.49. The predicted molar refractivity (Wildman–Crippen MR) is 80.2 cm³/mol. The number of rotatable bonds is 8. The van der Waals surface area contributed by atoms with Gasteiger partial charge in [0.2, 0.25) is 15.9 Å². The van der Waals surface area contributed by atoms with E-state index in [-0.39, 0.29) is 23.5 Å². The van der Waals surface area contributed by atoms with E-state index in [9.17, 15) is 13.2 Å². The fourth-order valence-electron chi connectivity index (χ4n) is 1.81. The highest BCUT2D eigenvalue weighted by Crippen LogP contribution is 2.11. The van der Waals surface area contributed by atoms with Crippen molar-refractivity contribution < 1.29 is 17.9 Å². The molecule has 1 atom stereocenters. The minimum absolute atomic E-state index is 0.0240. The van der Waals surface area contributed by atoms with E-state index in [0.717, 1.165) is 18.4 Å². The molecule has 1 rings (SSSR count). The topological polar surface area (TPSA) is 98.5 Å². The first-order chi connectivity index (χ1) is 9.82. The fraction of sp³-hybridized carbons (Fsp3) is 0.500. The molecule has 0 bridgehead atoms. The molecule has 1 aromatic rings. The monoisotopic (exact) mass is 314 g/mol. The first-order valence-electron chi connectivity index (χ1n) is 6.81. The van der Waals surface area contributed by atoms with Gasteiger partial charge in [-0.3, -0.25) is 4.79 Å². The van der Waals surface area contributed by atoms with Crippen LogP contribution in [0.2, 0.25) is 0 Å². The lowest BCUT2D eigenvalue weighted by Crippen LogP contribution is -2.35. The van der Waals surface area contributed by atoms with Gasteiger partial charge in [0.1, 0.15) is 6.61 Å². The lowest BCUT2D eigenvalue weighted by atomic mass is 10.1. The van der Waals surface area contributed by atoms with E-state index in [1.807, 2.05) is 13.8 Å². The van der Waals surface area contributed by atoms with Crippen LogP contribution in [-0.4, -0.2) is 33.6 Å². The van der Waals surface area contributed by atoms with Gasteiger partial charge >= 0.3 is 0 Å². The first-order valence-corrected chi connectivity index (χ1v) is 8.36. The first kappa shape index (κ1) is 17.6. The van der Waals surface area contributed by atoms with E-state index >= 15 is 0 Å². The fourth-order valence-corrected chi connectivity index (χ4v) is 2.33. The van der Waals surface area contributed by atoms with E-state index in [4.69, 9.17) is 9.88 Å². The van der Waals surface area contributed by atoms with Crippen LogP contribution in [0.1, 0.15) is 25.8 Å². The average Bonchev–Trinajstić information content (AvgIpc) is 2.42. The molecule has 0 aromatic heterocycles. The molecule has 1 amide bonds. The Hall–Kier alpha value is -1.44. The van der Waals surface area contributed by atoms with E-state index in [2.05, 4.69) is 5.32 Å². The average molecular weight is 314 g/mol. The lowest BCUT2D eigenvalue weighted by molar-refractivity contribution is -0.126. The molecule has 0 heterocycles. The van der Waals surface area contributed by atoms with Gasteiger partial charge in [-0.25, -0.2) is 13.6 Å². The molecule has 0 saturated carbocycles. The van der Waals surface area contributed by atoms with Crippen LogP contribution in [0.15, 0.2) is 29.2 Å². The van der Waals surface area contributed by atoms with Crippen LogP contribution in [-0.2, 0) is 26.0 Å². The SMILES string of the molecule is CCOCC(=O)NC(C)CCc1ccc(S(N)(=O)=O)cc1. The van der Waals surface area contributed by atoms with Crippen molar-refractivity contribution >= 4 is 15.9 Å². The second kappa shape index (κ2) is 8.11. The van der Waals surface area contributed by atoms with Crippen LogP contribution in [0.4, 0.5) is 0 Å². The van der Waals surface area contributed by atoms with Gasteiger partial charge < -0.3 is 10.1 Å². The lowest BCUT2D eigenvalue weighted by Gasteiger charge is -2.14. The molecular weight excluding hydrogens is 292 g/mol. The van der Waals surface area contributed by atoms with Gasteiger partial charge in [-0.1, -0.05) is 12.1 Å². The molecule has 1 aromatic carbocycles. The molecule has 0 aliphatic heterocycles. The maximum absolute atomic E-state index is 11.5. The summed E-state index contributed by atoms with van der Waals surface area (Å²) in [5, 5.41) is 7.88. The maximum atomic E-state index is 11.5. The number of ether oxygens (including phenoxy) is 1. The largest absolute Gasteiger partial charge is 0.372 e. The minimum Gasteiger partial charge on any atom is -0.372 e. The van der Waals surface area contributed by atoms with Gasteiger partial charge in [0.15, 0.2) is 0 Å². The molecule has 118 valence electrons.